The van der Waals surface area contributed by atoms with Gasteiger partial charge in [-0.25, -0.2) is 19.2 Å². The Kier molecular flexibility index (Phi) is 9.73. The minimum Gasteiger partial charge on any atom is -0.308 e. The molecular weight excluding hydrogens is 762 g/mol. The molecule has 0 radical (unpaired) electrons. The van der Waals surface area contributed by atoms with Crippen LogP contribution in [0.1, 0.15) is 16.7 Å². The summed E-state index contributed by atoms with van der Waals surface area (Å²) < 4.78 is 16.8. The lowest BCUT2D eigenvalue weighted by atomic mass is 9.91. The van der Waals surface area contributed by atoms with E-state index in [9.17, 15) is 9.65 Å². The Bertz CT molecular complexity index is 3290. The first-order valence-corrected chi connectivity index (χ1v) is 20.4. The Morgan fingerprint density at radius 1 is 0.548 bits per heavy atom. The van der Waals surface area contributed by atoms with Crippen LogP contribution in [0.4, 0.5) is 10.1 Å². The molecule has 0 saturated carbocycles. The lowest BCUT2D eigenvalue weighted by Crippen LogP contribution is -2.03. The molecule has 2 heterocycles. The molecule has 0 N–H and O–H groups in total. The van der Waals surface area contributed by atoms with Crippen molar-refractivity contribution in [2.75, 3.05) is 0 Å². The second kappa shape index (κ2) is 16.0. The van der Waals surface area contributed by atoms with Crippen molar-refractivity contribution in [3.63, 3.8) is 0 Å². The molecule has 0 bridgehead atoms. The SMILES string of the molecule is [C-]#[N+]c1cccc(-c2cc(-c3nc(-c4ccccc4)cc(-c4ccccc4)n3)cc(-c3cccc(C#N)c3)c2-n2c3ccccc3c3cc(-c4ccc(C)cc4CF)ccc32)c1. The van der Waals surface area contributed by atoms with Gasteiger partial charge in [-0.1, -0.05) is 139 Å². The number of aromatic nitrogens is 3. The van der Waals surface area contributed by atoms with Gasteiger partial charge in [0, 0.05) is 38.6 Å². The van der Waals surface area contributed by atoms with Gasteiger partial charge in [0.25, 0.3) is 0 Å². The van der Waals surface area contributed by atoms with Crippen molar-refractivity contribution in [2.45, 2.75) is 13.6 Å². The normalized spacial score (nSPS) is 11.1. The van der Waals surface area contributed by atoms with Crippen LogP contribution in [0.15, 0.2) is 188 Å². The number of hydrogen-bond acceptors (Lipinski definition) is 3. The molecule has 0 amide bonds. The van der Waals surface area contributed by atoms with E-state index in [0.29, 0.717) is 22.6 Å². The summed E-state index contributed by atoms with van der Waals surface area (Å²) in [5.74, 6) is 0.533. The third kappa shape index (κ3) is 6.86. The van der Waals surface area contributed by atoms with Crippen LogP contribution < -0.4 is 0 Å². The number of hydrogen-bond donors (Lipinski definition) is 0. The molecule has 292 valence electrons. The fraction of sp³-hybridized carbons (Fsp3) is 0.0357. The molecule has 5 nitrogen and oxygen atoms in total. The number of halogens is 1. The smallest absolute Gasteiger partial charge is 0.187 e. The highest BCUT2D eigenvalue weighted by Gasteiger charge is 2.24. The maximum atomic E-state index is 14.5. The lowest BCUT2D eigenvalue weighted by Gasteiger charge is -2.21. The van der Waals surface area contributed by atoms with Crippen LogP contribution in [0.5, 0.6) is 0 Å². The number of nitrogens with zero attached hydrogens (tertiary/aromatic N) is 5. The standard InChI is InChI=1S/C56H36FN5/c1-36-23-25-46(44(27-36)34-57)42-24-26-54-50(30-42)47-21-9-10-22-53(47)62(54)55-48(40-18-11-13-37(28-40)35-58)31-43(32-49(55)41-19-12-20-45(29-41)59-2)56-60-51(38-14-5-3-6-15-38)33-52(61-56)39-16-7-4-8-17-39/h3-33H,34H2,1H3. The molecule has 6 heteroatoms. The van der Waals surface area contributed by atoms with Crippen LogP contribution in [0.25, 0.3) is 99.6 Å². The number of fused-ring (bicyclic) bond motifs is 3. The maximum absolute atomic E-state index is 14.5. The summed E-state index contributed by atoms with van der Waals surface area (Å²) in [5.41, 5.74) is 14.9. The van der Waals surface area contributed by atoms with Gasteiger partial charge in [-0.15, -0.1) is 0 Å². The van der Waals surface area contributed by atoms with Gasteiger partial charge in [-0.3, -0.25) is 0 Å². The molecule has 10 rings (SSSR count). The first-order chi connectivity index (χ1) is 30.5. The van der Waals surface area contributed by atoms with E-state index in [4.69, 9.17) is 16.5 Å². The number of rotatable bonds is 8. The van der Waals surface area contributed by atoms with Crippen LogP contribution in [0.2, 0.25) is 0 Å². The molecule has 0 aliphatic carbocycles. The van der Waals surface area contributed by atoms with E-state index in [1.807, 2.05) is 128 Å². The minimum absolute atomic E-state index is 0.509. The van der Waals surface area contributed by atoms with Gasteiger partial charge < -0.3 is 4.57 Å². The van der Waals surface area contributed by atoms with Crippen molar-refractivity contribution in [2.24, 2.45) is 0 Å². The van der Waals surface area contributed by atoms with E-state index in [-0.39, 0.29) is 0 Å². The Morgan fingerprint density at radius 3 is 1.84 bits per heavy atom. The number of benzene rings is 8. The number of nitriles is 1. The van der Waals surface area contributed by atoms with Crippen molar-refractivity contribution in [1.29, 1.82) is 5.26 Å². The molecule has 0 atom stereocenters. The van der Waals surface area contributed by atoms with E-state index in [1.165, 1.54) is 0 Å². The van der Waals surface area contributed by atoms with E-state index in [1.54, 1.807) is 0 Å². The summed E-state index contributed by atoms with van der Waals surface area (Å²) in [6.07, 6.45) is 0. The molecule has 0 saturated heterocycles. The summed E-state index contributed by atoms with van der Waals surface area (Å²) in [4.78, 5) is 14.3. The van der Waals surface area contributed by atoms with Crippen molar-refractivity contribution < 1.29 is 4.39 Å². The van der Waals surface area contributed by atoms with Crippen LogP contribution in [0, 0.1) is 24.8 Å². The lowest BCUT2D eigenvalue weighted by molar-refractivity contribution is 0.486. The zero-order valence-electron chi connectivity index (χ0n) is 33.7. The van der Waals surface area contributed by atoms with E-state index < -0.39 is 6.67 Å². The van der Waals surface area contributed by atoms with Gasteiger partial charge in [-0.05, 0) is 89.3 Å². The zero-order valence-corrected chi connectivity index (χ0v) is 33.7. The minimum atomic E-state index is -0.563. The van der Waals surface area contributed by atoms with Gasteiger partial charge >= 0.3 is 0 Å². The van der Waals surface area contributed by atoms with Gasteiger partial charge in [0.2, 0.25) is 0 Å². The molecule has 62 heavy (non-hydrogen) atoms. The zero-order chi connectivity index (χ0) is 42.2. The molecule has 8 aromatic carbocycles. The second-order valence-electron chi connectivity index (χ2n) is 15.3. The summed E-state index contributed by atoms with van der Waals surface area (Å²) in [7, 11) is 0. The third-order valence-electron chi connectivity index (χ3n) is 11.4. The van der Waals surface area contributed by atoms with Crippen LogP contribution in [-0.2, 0) is 6.67 Å². The predicted molar refractivity (Wildman–Crippen MR) is 250 cm³/mol. The number of para-hydroxylation sites is 1. The Balaban J connectivity index is 1.32. The van der Waals surface area contributed by atoms with Crippen molar-refractivity contribution in [1.82, 2.24) is 14.5 Å². The highest BCUT2D eigenvalue weighted by atomic mass is 19.1. The third-order valence-corrected chi connectivity index (χ3v) is 11.4. The van der Waals surface area contributed by atoms with Gasteiger partial charge in [0.15, 0.2) is 11.5 Å². The Morgan fingerprint density at radius 2 is 1.16 bits per heavy atom. The Hall–Kier alpha value is -8.45. The van der Waals surface area contributed by atoms with Crippen LogP contribution in [0.3, 0.4) is 0 Å². The fourth-order valence-corrected chi connectivity index (χ4v) is 8.53. The summed E-state index contributed by atoms with van der Waals surface area (Å²) in [6, 6.07) is 64.8. The first-order valence-electron chi connectivity index (χ1n) is 20.4. The van der Waals surface area contributed by atoms with Crippen molar-refractivity contribution in [3.05, 3.63) is 216 Å². The van der Waals surface area contributed by atoms with Crippen molar-refractivity contribution in [3.8, 4) is 79.0 Å². The number of alkyl halides is 1. The van der Waals surface area contributed by atoms with Crippen LogP contribution >= 0.6 is 0 Å². The summed E-state index contributed by atoms with van der Waals surface area (Å²) >= 11 is 0. The molecule has 10 aromatic rings. The van der Waals surface area contributed by atoms with E-state index in [2.05, 4.69) is 82.2 Å². The first kappa shape index (κ1) is 37.8. The monoisotopic (exact) mass is 797 g/mol. The fourth-order valence-electron chi connectivity index (χ4n) is 8.53. The molecule has 0 unspecified atom stereocenters. The molecule has 0 spiro atoms. The molecular formula is C56H36FN5. The van der Waals surface area contributed by atoms with E-state index >= 15 is 0 Å². The summed E-state index contributed by atoms with van der Waals surface area (Å²) in [5, 5.41) is 12.2. The quantitative estimate of drug-likeness (QED) is 0.144. The van der Waals surface area contributed by atoms with Crippen LogP contribution in [-0.4, -0.2) is 14.5 Å². The summed E-state index contributed by atoms with van der Waals surface area (Å²) in [6.45, 7) is 9.42. The topological polar surface area (TPSA) is 58.9 Å². The van der Waals surface area contributed by atoms with Gasteiger partial charge in [0.05, 0.1) is 46.3 Å². The molecule has 2 aromatic heterocycles. The highest BCUT2D eigenvalue weighted by molar-refractivity contribution is 6.12. The van der Waals surface area contributed by atoms with E-state index in [0.717, 1.165) is 94.5 Å². The maximum Gasteiger partial charge on any atom is 0.187 e. The molecule has 0 aliphatic rings. The van der Waals surface area contributed by atoms with Gasteiger partial charge in [0.1, 0.15) is 6.67 Å². The predicted octanol–water partition coefficient (Wildman–Crippen LogP) is 14.8. The second-order valence-corrected chi connectivity index (χ2v) is 15.3. The van der Waals surface area contributed by atoms with Crippen molar-refractivity contribution >= 4 is 27.5 Å². The largest absolute Gasteiger partial charge is 0.308 e. The molecule has 0 fully saturated rings. The average molecular weight is 798 g/mol. The number of aryl methyl sites for hydroxylation is 1. The average Bonchev–Trinajstić information content (AvgIpc) is 3.67. The van der Waals surface area contributed by atoms with Gasteiger partial charge in [-0.2, -0.15) is 5.26 Å². The molecule has 0 aliphatic heterocycles. The Labute approximate surface area is 359 Å². The highest BCUT2D eigenvalue weighted by Crippen LogP contribution is 2.45.